The quantitative estimate of drug-likeness (QED) is 0.605. The monoisotopic (exact) mass is 412 g/mol. The van der Waals surface area contributed by atoms with Gasteiger partial charge in [0.05, 0.1) is 22.9 Å². The molecule has 4 unspecified atom stereocenters. The van der Waals surface area contributed by atoms with Crippen molar-refractivity contribution in [3.05, 3.63) is 75.4 Å². The first-order chi connectivity index (χ1) is 13.5. The van der Waals surface area contributed by atoms with Crippen LogP contribution in [-0.2, 0) is 9.59 Å². The van der Waals surface area contributed by atoms with Gasteiger partial charge in [0.2, 0.25) is 11.8 Å². The Morgan fingerprint density at radius 1 is 1.00 bits per heavy atom. The van der Waals surface area contributed by atoms with E-state index in [0.717, 1.165) is 11.1 Å². The number of Topliss-reactive ketones (excluding diaryl/α,β-unsaturated/α-hetero) is 1. The second-order valence-electron chi connectivity index (χ2n) is 7.18. The topological polar surface area (TPSA) is 66.5 Å². The Bertz CT molecular complexity index is 1080. The van der Waals surface area contributed by atoms with Crippen LogP contribution in [0.5, 0.6) is 0 Å². The number of nitrogens with one attached hydrogen (secondary N) is 1. The zero-order chi connectivity index (χ0) is 19.6. The van der Waals surface area contributed by atoms with Crippen molar-refractivity contribution in [2.45, 2.75) is 12.1 Å². The van der Waals surface area contributed by atoms with Crippen molar-refractivity contribution in [2.24, 2.45) is 11.8 Å². The standard InChI is InChI=1S/C21H14Cl2N2O3/c22-11-5-6-13(14(23)9-11)19(26)18-16-15(20(27)24-21(16)28)17-12-4-2-1-3-10(12)7-8-25(17)18/h1-9,15-18H,(H,24,27,28). The van der Waals surface area contributed by atoms with Crippen LogP contribution >= 0.6 is 23.2 Å². The van der Waals surface area contributed by atoms with Crippen LogP contribution in [0.25, 0.3) is 6.08 Å². The van der Waals surface area contributed by atoms with Crippen LogP contribution in [0.3, 0.4) is 0 Å². The lowest BCUT2D eigenvalue weighted by atomic mass is 9.83. The molecule has 0 radical (unpaired) electrons. The second kappa shape index (κ2) is 6.19. The molecule has 0 aromatic heterocycles. The number of carbonyl (C=O) groups is 3. The summed E-state index contributed by atoms with van der Waals surface area (Å²) in [4.78, 5) is 40.5. The fourth-order valence-electron chi connectivity index (χ4n) is 4.62. The number of ketones is 1. The maximum atomic E-state index is 13.4. The van der Waals surface area contributed by atoms with Crippen molar-refractivity contribution in [3.8, 4) is 0 Å². The molecule has 0 bridgehead atoms. The first-order valence-corrected chi connectivity index (χ1v) is 9.61. The molecule has 3 heterocycles. The van der Waals surface area contributed by atoms with Crippen molar-refractivity contribution < 1.29 is 14.4 Å². The van der Waals surface area contributed by atoms with E-state index in [2.05, 4.69) is 5.32 Å². The summed E-state index contributed by atoms with van der Waals surface area (Å²) in [5.74, 6) is -2.45. The molecule has 7 heteroatoms. The Morgan fingerprint density at radius 3 is 2.54 bits per heavy atom. The van der Waals surface area contributed by atoms with E-state index < -0.39 is 23.8 Å². The molecular formula is C21H14Cl2N2O3. The molecule has 0 saturated carbocycles. The van der Waals surface area contributed by atoms with Gasteiger partial charge in [-0.2, -0.15) is 0 Å². The molecule has 4 atom stereocenters. The lowest BCUT2D eigenvalue weighted by molar-refractivity contribution is -0.127. The molecule has 5 rings (SSSR count). The summed E-state index contributed by atoms with van der Waals surface area (Å²) in [6.45, 7) is 0. The zero-order valence-corrected chi connectivity index (χ0v) is 15.9. The molecule has 140 valence electrons. The van der Waals surface area contributed by atoms with E-state index in [1.807, 2.05) is 35.2 Å². The molecule has 2 saturated heterocycles. The number of carbonyl (C=O) groups excluding carboxylic acids is 3. The van der Waals surface area contributed by atoms with E-state index >= 15 is 0 Å². The van der Waals surface area contributed by atoms with Crippen molar-refractivity contribution in [3.63, 3.8) is 0 Å². The maximum absolute atomic E-state index is 13.4. The van der Waals surface area contributed by atoms with Gasteiger partial charge in [0.15, 0.2) is 5.78 Å². The van der Waals surface area contributed by atoms with E-state index in [4.69, 9.17) is 23.2 Å². The van der Waals surface area contributed by atoms with Crippen LogP contribution in [-0.4, -0.2) is 28.5 Å². The molecule has 0 spiro atoms. The molecule has 2 amide bonds. The second-order valence-corrected chi connectivity index (χ2v) is 8.02. The summed E-state index contributed by atoms with van der Waals surface area (Å²) in [6, 6.07) is 11.2. The zero-order valence-electron chi connectivity index (χ0n) is 14.4. The number of fused-ring (bicyclic) bond motifs is 5. The number of benzene rings is 2. The fourth-order valence-corrected chi connectivity index (χ4v) is 5.12. The van der Waals surface area contributed by atoms with Crippen LogP contribution in [0.1, 0.15) is 27.5 Å². The maximum Gasteiger partial charge on any atom is 0.233 e. The third-order valence-corrected chi connectivity index (χ3v) is 6.32. The van der Waals surface area contributed by atoms with E-state index in [9.17, 15) is 14.4 Å². The van der Waals surface area contributed by atoms with E-state index in [1.54, 1.807) is 18.3 Å². The Hall–Kier alpha value is -2.63. The van der Waals surface area contributed by atoms with Gasteiger partial charge in [-0.25, -0.2) is 0 Å². The van der Waals surface area contributed by atoms with Gasteiger partial charge in [-0.15, -0.1) is 0 Å². The minimum Gasteiger partial charge on any atom is -0.358 e. The Balaban J connectivity index is 1.65. The highest BCUT2D eigenvalue weighted by Gasteiger charge is 2.61. The molecule has 2 aromatic carbocycles. The lowest BCUT2D eigenvalue weighted by Gasteiger charge is -2.34. The van der Waals surface area contributed by atoms with Gasteiger partial charge in [0.25, 0.3) is 0 Å². The number of amides is 2. The molecule has 28 heavy (non-hydrogen) atoms. The Labute approximate surface area is 170 Å². The summed E-state index contributed by atoms with van der Waals surface area (Å²) < 4.78 is 0. The summed E-state index contributed by atoms with van der Waals surface area (Å²) in [5, 5.41) is 3.05. The van der Waals surface area contributed by atoms with Gasteiger partial charge >= 0.3 is 0 Å². The third kappa shape index (κ3) is 2.36. The highest BCUT2D eigenvalue weighted by Crippen LogP contribution is 2.51. The lowest BCUT2D eigenvalue weighted by Crippen LogP contribution is -2.43. The van der Waals surface area contributed by atoms with Crippen LogP contribution in [0, 0.1) is 11.8 Å². The van der Waals surface area contributed by atoms with Gasteiger partial charge in [-0.1, -0.05) is 47.5 Å². The summed E-state index contributed by atoms with van der Waals surface area (Å²) >= 11 is 12.2. The average molecular weight is 413 g/mol. The van der Waals surface area contributed by atoms with Crippen molar-refractivity contribution in [2.75, 3.05) is 0 Å². The number of rotatable bonds is 2. The highest BCUT2D eigenvalue weighted by molar-refractivity contribution is 6.37. The predicted molar refractivity (Wildman–Crippen MR) is 105 cm³/mol. The summed E-state index contributed by atoms with van der Waals surface area (Å²) in [7, 11) is 0. The first-order valence-electron chi connectivity index (χ1n) is 8.86. The summed E-state index contributed by atoms with van der Waals surface area (Å²) in [6.07, 6.45) is 3.71. The largest absolute Gasteiger partial charge is 0.358 e. The molecule has 2 aromatic rings. The van der Waals surface area contributed by atoms with Crippen LogP contribution in [0.15, 0.2) is 48.7 Å². The minimum atomic E-state index is -0.815. The molecule has 5 nitrogen and oxygen atoms in total. The number of nitrogens with zero attached hydrogens (tertiary/aromatic N) is 1. The van der Waals surface area contributed by atoms with Crippen LogP contribution in [0.2, 0.25) is 10.0 Å². The third-order valence-electron chi connectivity index (χ3n) is 5.77. The number of hydrogen-bond acceptors (Lipinski definition) is 4. The van der Waals surface area contributed by atoms with E-state index in [0.29, 0.717) is 5.02 Å². The molecular weight excluding hydrogens is 399 g/mol. The first kappa shape index (κ1) is 17.5. The molecule has 2 fully saturated rings. The normalized spacial score (nSPS) is 27.3. The van der Waals surface area contributed by atoms with Crippen LogP contribution < -0.4 is 5.32 Å². The minimum absolute atomic E-state index is 0.226. The van der Waals surface area contributed by atoms with Crippen LogP contribution in [0.4, 0.5) is 0 Å². The Morgan fingerprint density at radius 2 is 1.75 bits per heavy atom. The van der Waals surface area contributed by atoms with E-state index in [-0.39, 0.29) is 28.3 Å². The van der Waals surface area contributed by atoms with Gasteiger partial charge < -0.3 is 4.90 Å². The van der Waals surface area contributed by atoms with Crippen molar-refractivity contribution >= 4 is 46.9 Å². The molecule has 1 N–H and O–H groups in total. The van der Waals surface area contributed by atoms with Gasteiger partial charge in [-0.3, -0.25) is 19.7 Å². The smallest absolute Gasteiger partial charge is 0.233 e. The van der Waals surface area contributed by atoms with Gasteiger partial charge in [-0.05, 0) is 35.4 Å². The molecule has 0 aliphatic carbocycles. The Kier molecular flexibility index (Phi) is 3.86. The summed E-state index contributed by atoms with van der Waals surface area (Å²) in [5.41, 5.74) is 2.20. The SMILES string of the molecule is O=C1NC(=O)C2C1C(C(=O)c1ccc(Cl)cc1Cl)N1C=Cc3ccccc3C21. The van der Waals surface area contributed by atoms with Crippen molar-refractivity contribution in [1.82, 2.24) is 10.2 Å². The number of halogens is 2. The van der Waals surface area contributed by atoms with Gasteiger partial charge in [0.1, 0.15) is 6.04 Å². The predicted octanol–water partition coefficient (Wildman–Crippen LogP) is 3.47. The number of imide groups is 1. The number of hydrogen-bond donors (Lipinski definition) is 1. The molecule has 3 aliphatic rings. The van der Waals surface area contributed by atoms with E-state index in [1.165, 1.54) is 6.07 Å². The highest BCUT2D eigenvalue weighted by atomic mass is 35.5. The average Bonchev–Trinajstić information content (AvgIpc) is 3.16. The van der Waals surface area contributed by atoms with Crippen molar-refractivity contribution in [1.29, 1.82) is 0 Å². The van der Waals surface area contributed by atoms with Gasteiger partial charge in [0, 0.05) is 16.8 Å². The molecule has 3 aliphatic heterocycles. The fraction of sp³-hybridized carbons (Fsp3) is 0.190.